The van der Waals surface area contributed by atoms with Crippen molar-refractivity contribution in [1.29, 1.82) is 0 Å². The Labute approximate surface area is 203 Å². The third-order valence-electron chi connectivity index (χ3n) is 5.70. The molecule has 4 aromatic rings. The maximum absolute atomic E-state index is 13.7. The van der Waals surface area contributed by atoms with Crippen molar-refractivity contribution in [1.82, 2.24) is 9.13 Å². The highest BCUT2D eigenvalue weighted by molar-refractivity contribution is 5.58. The van der Waals surface area contributed by atoms with Gasteiger partial charge in [-0.05, 0) is 73.9 Å². The van der Waals surface area contributed by atoms with Gasteiger partial charge in [0.05, 0.1) is 34.1 Å². The summed E-state index contributed by atoms with van der Waals surface area (Å²) in [5.74, 6) is -1.01. The van der Waals surface area contributed by atoms with Crippen LogP contribution in [-0.2, 0) is 0 Å². The molecule has 12 heteroatoms. The average molecular weight is 492 g/mol. The van der Waals surface area contributed by atoms with Crippen LogP contribution in [0.3, 0.4) is 0 Å². The van der Waals surface area contributed by atoms with E-state index in [0.29, 0.717) is 33.9 Å². The molecule has 0 amide bonds. The SMILES string of the molecule is Cc1ccc(N=c2oc(=O)n(-c3ccc(C)c(NO)c3)c(=O)n2-c2ccc(C)c(NO)c2)cc1NO. The van der Waals surface area contributed by atoms with E-state index in [-0.39, 0.29) is 17.1 Å². The number of nitrogens with one attached hydrogen (secondary N) is 3. The molecular formula is C24H24N6O6. The van der Waals surface area contributed by atoms with Crippen molar-refractivity contribution in [3.63, 3.8) is 0 Å². The van der Waals surface area contributed by atoms with E-state index >= 15 is 0 Å². The number of rotatable bonds is 6. The van der Waals surface area contributed by atoms with Gasteiger partial charge < -0.3 is 4.42 Å². The molecule has 0 aliphatic rings. The quantitative estimate of drug-likeness (QED) is 0.222. The number of benzene rings is 3. The van der Waals surface area contributed by atoms with Crippen molar-refractivity contribution < 1.29 is 20.0 Å². The maximum atomic E-state index is 13.7. The minimum Gasteiger partial charge on any atom is -0.374 e. The summed E-state index contributed by atoms with van der Waals surface area (Å²) in [5, 5.41) is 28.3. The predicted molar refractivity (Wildman–Crippen MR) is 132 cm³/mol. The zero-order valence-corrected chi connectivity index (χ0v) is 19.6. The summed E-state index contributed by atoms with van der Waals surface area (Å²) in [6.45, 7) is 5.27. The highest BCUT2D eigenvalue weighted by atomic mass is 16.5. The number of hydrogen-bond acceptors (Lipinski definition) is 10. The largest absolute Gasteiger partial charge is 0.430 e. The van der Waals surface area contributed by atoms with E-state index in [2.05, 4.69) is 16.0 Å². The first kappa shape index (κ1) is 24.5. The molecule has 0 atom stereocenters. The van der Waals surface area contributed by atoms with E-state index in [4.69, 9.17) is 4.42 Å². The first-order valence-electron chi connectivity index (χ1n) is 10.7. The van der Waals surface area contributed by atoms with Crippen molar-refractivity contribution in [3.8, 4) is 11.4 Å². The first-order valence-corrected chi connectivity index (χ1v) is 10.7. The number of anilines is 3. The minimum absolute atomic E-state index is 0.144. The van der Waals surface area contributed by atoms with Crippen LogP contribution in [0.5, 0.6) is 0 Å². The zero-order valence-electron chi connectivity index (χ0n) is 19.6. The lowest BCUT2D eigenvalue weighted by Crippen LogP contribution is -2.45. The van der Waals surface area contributed by atoms with Crippen LogP contribution in [-0.4, -0.2) is 24.8 Å². The molecule has 0 spiro atoms. The van der Waals surface area contributed by atoms with Crippen molar-refractivity contribution in [3.05, 3.63) is 98.0 Å². The molecule has 1 heterocycles. The Kier molecular flexibility index (Phi) is 6.74. The highest BCUT2D eigenvalue weighted by Crippen LogP contribution is 2.22. The summed E-state index contributed by atoms with van der Waals surface area (Å²) in [7, 11) is 0. The van der Waals surface area contributed by atoms with Gasteiger partial charge in [-0.1, -0.05) is 18.2 Å². The van der Waals surface area contributed by atoms with Gasteiger partial charge in [-0.3, -0.25) is 32.1 Å². The van der Waals surface area contributed by atoms with Gasteiger partial charge in [-0.25, -0.2) is 14.2 Å². The van der Waals surface area contributed by atoms with Crippen LogP contribution in [0.2, 0.25) is 0 Å². The van der Waals surface area contributed by atoms with Gasteiger partial charge in [0.2, 0.25) is 0 Å². The van der Waals surface area contributed by atoms with Gasteiger partial charge in [0.25, 0.3) is 0 Å². The minimum atomic E-state index is -1.01. The van der Waals surface area contributed by atoms with Crippen molar-refractivity contribution in [2.75, 3.05) is 16.4 Å². The summed E-state index contributed by atoms with van der Waals surface area (Å²) >= 11 is 0. The molecule has 0 radical (unpaired) electrons. The van der Waals surface area contributed by atoms with E-state index in [0.717, 1.165) is 14.7 Å². The normalized spacial score (nSPS) is 11.4. The molecule has 6 N–H and O–H groups in total. The van der Waals surface area contributed by atoms with Crippen LogP contribution in [0.1, 0.15) is 16.7 Å². The lowest BCUT2D eigenvalue weighted by atomic mass is 10.2. The van der Waals surface area contributed by atoms with E-state index in [1.165, 1.54) is 24.3 Å². The topological polar surface area (TPSA) is 166 Å². The molecule has 0 unspecified atom stereocenters. The smallest absolute Gasteiger partial charge is 0.374 e. The van der Waals surface area contributed by atoms with Crippen molar-refractivity contribution in [2.45, 2.75) is 20.8 Å². The second-order valence-electron chi connectivity index (χ2n) is 8.05. The lowest BCUT2D eigenvalue weighted by molar-refractivity contribution is 0.365. The Hall–Kier alpha value is -4.65. The standard InChI is InChI=1S/C24H24N6O6/c1-13-4-7-16(10-19(13)26-33)25-22-29(17-8-5-14(2)20(11-17)27-34)23(31)30(24(32)36-22)18-9-6-15(3)21(12-18)28-35/h4-12,26-28,33-35H,1-3H3. The molecule has 0 aliphatic heterocycles. The molecular weight excluding hydrogens is 468 g/mol. The van der Waals surface area contributed by atoms with Gasteiger partial charge in [0.1, 0.15) is 0 Å². The van der Waals surface area contributed by atoms with Crippen LogP contribution >= 0.6 is 0 Å². The third kappa shape index (κ3) is 4.51. The fraction of sp³-hybridized carbons (Fsp3) is 0.125. The number of hydrogen-bond donors (Lipinski definition) is 6. The number of aromatic nitrogens is 2. The fourth-order valence-corrected chi connectivity index (χ4v) is 3.59. The summed E-state index contributed by atoms with van der Waals surface area (Å²) in [6.07, 6.45) is 0. The van der Waals surface area contributed by atoms with E-state index < -0.39 is 11.4 Å². The van der Waals surface area contributed by atoms with Crippen LogP contribution < -0.4 is 33.6 Å². The zero-order chi connectivity index (χ0) is 26.0. The summed E-state index contributed by atoms with van der Waals surface area (Å²) in [4.78, 5) is 31.1. The van der Waals surface area contributed by atoms with Crippen LogP contribution in [0.15, 0.2) is 73.6 Å². The molecule has 12 nitrogen and oxygen atoms in total. The molecule has 3 aromatic carbocycles. The second kappa shape index (κ2) is 9.92. The van der Waals surface area contributed by atoms with E-state index in [1.54, 1.807) is 51.1 Å². The molecule has 0 bridgehead atoms. The van der Waals surface area contributed by atoms with E-state index in [9.17, 15) is 25.2 Å². The number of nitrogens with zero attached hydrogens (tertiary/aromatic N) is 3. The predicted octanol–water partition coefficient (Wildman–Crippen LogP) is 3.14. The van der Waals surface area contributed by atoms with Crippen LogP contribution in [0.4, 0.5) is 22.7 Å². The van der Waals surface area contributed by atoms with Gasteiger partial charge >= 0.3 is 17.1 Å². The van der Waals surface area contributed by atoms with Crippen molar-refractivity contribution in [2.24, 2.45) is 4.99 Å². The molecule has 0 fully saturated rings. The number of aryl methyl sites for hydroxylation is 3. The van der Waals surface area contributed by atoms with Crippen LogP contribution in [0.25, 0.3) is 11.4 Å². The van der Waals surface area contributed by atoms with Gasteiger partial charge in [-0.15, -0.1) is 0 Å². The Bertz CT molecular complexity index is 1640. The Morgan fingerprint density at radius 2 is 1.17 bits per heavy atom. The van der Waals surface area contributed by atoms with Gasteiger partial charge in [0, 0.05) is 0 Å². The van der Waals surface area contributed by atoms with Gasteiger partial charge in [0.15, 0.2) is 0 Å². The molecule has 36 heavy (non-hydrogen) atoms. The molecule has 186 valence electrons. The molecule has 0 aliphatic carbocycles. The van der Waals surface area contributed by atoms with Gasteiger partial charge in [-0.2, -0.15) is 9.56 Å². The van der Waals surface area contributed by atoms with Crippen LogP contribution in [0, 0.1) is 20.8 Å². The van der Waals surface area contributed by atoms with E-state index in [1.807, 2.05) is 5.48 Å². The molecule has 0 saturated heterocycles. The lowest BCUT2D eigenvalue weighted by Gasteiger charge is -2.13. The van der Waals surface area contributed by atoms with Crippen molar-refractivity contribution >= 4 is 22.7 Å². The molecule has 4 rings (SSSR count). The fourth-order valence-electron chi connectivity index (χ4n) is 3.59. The Morgan fingerprint density at radius 3 is 1.69 bits per heavy atom. The summed E-state index contributed by atoms with van der Waals surface area (Å²) in [5.41, 5.74) is 8.85. The highest BCUT2D eigenvalue weighted by Gasteiger charge is 2.16. The Morgan fingerprint density at radius 1 is 0.694 bits per heavy atom. The summed E-state index contributed by atoms with van der Waals surface area (Å²) in [6, 6.07) is 14.2. The second-order valence-corrected chi connectivity index (χ2v) is 8.05. The first-order chi connectivity index (χ1) is 17.3. The molecule has 1 aromatic heterocycles. The maximum Gasteiger partial charge on any atom is 0.430 e. The Balaban J connectivity index is 2.07. The average Bonchev–Trinajstić information content (AvgIpc) is 2.86. The monoisotopic (exact) mass is 492 g/mol. The molecule has 0 saturated carbocycles. The third-order valence-corrected chi connectivity index (χ3v) is 5.70. The summed E-state index contributed by atoms with van der Waals surface area (Å²) < 4.78 is 7.36.